The van der Waals surface area contributed by atoms with Crippen molar-refractivity contribution in [3.8, 4) is 0 Å². The molecule has 0 saturated carbocycles. The summed E-state index contributed by atoms with van der Waals surface area (Å²) in [5, 5.41) is 13.1. The Kier molecular flexibility index (Phi) is 1.55. The number of alkyl halides is 1. The molecular formula is C2H3IN4. The summed E-state index contributed by atoms with van der Waals surface area (Å²) in [7, 11) is 0. The summed E-state index contributed by atoms with van der Waals surface area (Å²) in [4.78, 5) is 0. The molecule has 0 aliphatic carbocycles. The predicted molar refractivity (Wildman–Crippen MR) is 31.9 cm³/mol. The summed E-state index contributed by atoms with van der Waals surface area (Å²) < 4.78 is 0.814. The molecule has 7 heavy (non-hydrogen) atoms. The van der Waals surface area contributed by atoms with Crippen molar-refractivity contribution in [2.75, 3.05) is 0 Å². The Morgan fingerprint density at radius 2 is 2.57 bits per heavy atom. The van der Waals surface area contributed by atoms with Crippen molar-refractivity contribution in [2.45, 2.75) is 4.43 Å². The molecule has 4 nitrogen and oxygen atoms in total. The van der Waals surface area contributed by atoms with E-state index in [9.17, 15) is 0 Å². The second-order valence-corrected chi connectivity index (χ2v) is 1.72. The average Bonchev–Trinajstić information content (AvgIpc) is 2.14. The van der Waals surface area contributed by atoms with Crippen LogP contribution in [0.2, 0.25) is 0 Å². The lowest BCUT2D eigenvalue weighted by atomic mass is 10.8. The molecule has 1 N–H and O–H groups in total. The first-order valence-corrected chi connectivity index (χ1v) is 3.24. The van der Waals surface area contributed by atoms with Crippen LogP contribution in [-0.2, 0) is 4.43 Å². The van der Waals surface area contributed by atoms with Gasteiger partial charge in [0.2, 0.25) is 0 Å². The third-order valence-corrected chi connectivity index (χ3v) is 1.19. The third-order valence-electron chi connectivity index (χ3n) is 0.509. The molecule has 0 atom stereocenters. The molecule has 0 radical (unpaired) electrons. The highest BCUT2D eigenvalue weighted by molar-refractivity contribution is 14.1. The fourth-order valence-corrected chi connectivity index (χ4v) is 0.562. The topological polar surface area (TPSA) is 54.5 Å². The van der Waals surface area contributed by atoms with Crippen molar-refractivity contribution >= 4 is 22.6 Å². The van der Waals surface area contributed by atoms with Gasteiger partial charge in [0.15, 0.2) is 5.82 Å². The van der Waals surface area contributed by atoms with E-state index in [0.717, 1.165) is 10.3 Å². The molecule has 1 aromatic rings. The van der Waals surface area contributed by atoms with Crippen LogP contribution >= 0.6 is 22.6 Å². The van der Waals surface area contributed by atoms with Crippen molar-refractivity contribution < 1.29 is 0 Å². The van der Waals surface area contributed by atoms with E-state index in [1.54, 1.807) is 0 Å². The van der Waals surface area contributed by atoms with Gasteiger partial charge in [-0.15, -0.1) is 10.2 Å². The molecule has 0 unspecified atom stereocenters. The van der Waals surface area contributed by atoms with Gasteiger partial charge in [0, 0.05) is 0 Å². The van der Waals surface area contributed by atoms with Gasteiger partial charge in [0.05, 0.1) is 4.43 Å². The van der Waals surface area contributed by atoms with Crippen LogP contribution < -0.4 is 0 Å². The molecule has 0 aromatic carbocycles. The van der Waals surface area contributed by atoms with Gasteiger partial charge in [0.1, 0.15) is 0 Å². The molecule has 38 valence electrons. The van der Waals surface area contributed by atoms with Gasteiger partial charge in [-0.1, -0.05) is 27.8 Å². The maximum Gasteiger partial charge on any atom is 0.184 e. The minimum absolute atomic E-state index is 0.751. The molecular weight excluding hydrogens is 207 g/mol. The van der Waals surface area contributed by atoms with Crippen LogP contribution in [0.1, 0.15) is 5.82 Å². The molecule has 1 heterocycles. The lowest BCUT2D eigenvalue weighted by Gasteiger charge is -1.71. The van der Waals surface area contributed by atoms with E-state index in [1.807, 2.05) is 0 Å². The molecule has 0 fully saturated rings. The Morgan fingerprint density at radius 1 is 1.71 bits per heavy atom. The number of nitrogens with zero attached hydrogens (tertiary/aromatic N) is 3. The number of tetrazole rings is 1. The van der Waals surface area contributed by atoms with Gasteiger partial charge in [-0.05, 0) is 0 Å². The van der Waals surface area contributed by atoms with E-state index in [2.05, 4.69) is 43.2 Å². The van der Waals surface area contributed by atoms with Crippen LogP contribution in [0.15, 0.2) is 0 Å². The number of hydrogen-bond donors (Lipinski definition) is 1. The lowest BCUT2D eigenvalue weighted by Crippen LogP contribution is -1.77. The Morgan fingerprint density at radius 3 is 2.86 bits per heavy atom. The normalized spacial score (nSPS) is 9.29. The van der Waals surface area contributed by atoms with Crippen molar-refractivity contribution in [2.24, 2.45) is 0 Å². The van der Waals surface area contributed by atoms with E-state index in [0.29, 0.717) is 0 Å². The summed E-state index contributed by atoms with van der Waals surface area (Å²) in [6.07, 6.45) is 0. The summed E-state index contributed by atoms with van der Waals surface area (Å²) in [5.41, 5.74) is 0. The summed E-state index contributed by atoms with van der Waals surface area (Å²) in [6.45, 7) is 0. The van der Waals surface area contributed by atoms with Crippen LogP contribution in [0.5, 0.6) is 0 Å². The Bertz CT molecular complexity index is 124. The van der Waals surface area contributed by atoms with Gasteiger partial charge in [-0.2, -0.15) is 5.21 Å². The van der Waals surface area contributed by atoms with Gasteiger partial charge in [0.25, 0.3) is 0 Å². The Balaban J connectivity index is 2.76. The molecule has 0 aliphatic rings. The lowest BCUT2D eigenvalue weighted by molar-refractivity contribution is 0.881. The van der Waals surface area contributed by atoms with Crippen LogP contribution in [-0.4, -0.2) is 20.6 Å². The standard InChI is InChI=1S/C2H3IN4/c3-1-2-4-6-7-5-2/h1H2,(H,4,5,6,7). The quantitative estimate of drug-likeness (QED) is 0.529. The first-order chi connectivity index (χ1) is 3.43. The van der Waals surface area contributed by atoms with E-state index < -0.39 is 0 Å². The van der Waals surface area contributed by atoms with Crippen LogP contribution in [0.25, 0.3) is 0 Å². The van der Waals surface area contributed by atoms with Gasteiger partial charge < -0.3 is 0 Å². The van der Waals surface area contributed by atoms with Gasteiger partial charge in [-0.25, -0.2) is 0 Å². The first kappa shape index (κ1) is 4.95. The number of H-pyrrole nitrogens is 1. The number of aromatic nitrogens is 4. The molecule has 0 saturated heterocycles. The molecule has 0 bridgehead atoms. The third kappa shape index (κ3) is 1.08. The number of halogens is 1. The highest BCUT2D eigenvalue weighted by Crippen LogP contribution is 1.91. The zero-order valence-corrected chi connectivity index (χ0v) is 5.58. The molecule has 1 rings (SSSR count). The fraction of sp³-hybridized carbons (Fsp3) is 0.500. The monoisotopic (exact) mass is 210 g/mol. The van der Waals surface area contributed by atoms with Crippen molar-refractivity contribution in [1.82, 2.24) is 20.6 Å². The SMILES string of the molecule is ICc1nn[nH]n1. The first-order valence-electron chi connectivity index (χ1n) is 1.72. The highest BCUT2D eigenvalue weighted by atomic mass is 127. The maximum absolute atomic E-state index is 3.68. The predicted octanol–water partition coefficient (Wildman–Crippen LogP) is 0.135. The van der Waals surface area contributed by atoms with Crippen LogP contribution in [0.3, 0.4) is 0 Å². The number of nitrogens with one attached hydrogen (secondary N) is 1. The van der Waals surface area contributed by atoms with E-state index in [-0.39, 0.29) is 0 Å². The summed E-state index contributed by atoms with van der Waals surface area (Å²) in [6, 6.07) is 0. The summed E-state index contributed by atoms with van der Waals surface area (Å²) >= 11 is 2.16. The van der Waals surface area contributed by atoms with E-state index in [1.165, 1.54) is 0 Å². The summed E-state index contributed by atoms with van der Waals surface area (Å²) in [5.74, 6) is 0.751. The molecule has 0 spiro atoms. The largest absolute Gasteiger partial charge is 0.184 e. The maximum atomic E-state index is 3.68. The smallest absolute Gasteiger partial charge is 0.177 e. The number of rotatable bonds is 1. The average molecular weight is 210 g/mol. The molecule has 0 aliphatic heterocycles. The number of hydrogen-bond acceptors (Lipinski definition) is 3. The van der Waals surface area contributed by atoms with E-state index >= 15 is 0 Å². The van der Waals surface area contributed by atoms with E-state index in [4.69, 9.17) is 0 Å². The second kappa shape index (κ2) is 2.20. The van der Waals surface area contributed by atoms with Crippen LogP contribution in [0.4, 0.5) is 0 Å². The van der Waals surface area contributed by atoms with Gasteiger partial charge in [-0.3, -0.25) is 0 Å². The number of aromatic amines is 1. The second-order valence-electron chi connectivity index (χ2n) is 0.962. The van der Waals surface area contributed by atoms with Crippen molar-refractivity contribution in [3.63, 3.8) is 0 Å². The minimum Gasteiger partial charge on any atom is -0.177 e. The zero-order chi connectivity index (χ0) is 5.11. The van der Waals surface area contributed by atoms with Crippen molar-refractivity contribution in [3.05, 3.63) is 5.82 Å². The highest BCUT2D eigenvalue weighted by Gasteiger charge is 1.88. The van der Waals surface area contributed by atoms with Gasteiger partial charge >= 0.3 is 0 Å². The molecule has 5 heteroatoms. The fourth-order valence-electron chi connectivity index (χ4n) is 0.239. The minimum atomic E-state index is 0.751. The van der Waals surface area contributed by atoms with Crippen molar-refractivity contribution in [1.29, 1.82) is 0 Å². The zero-order valence-electron chi connectivity index (χ0n) is 3.43. The molecule has 1 aromatic heterocycles. The Labute approximate surface area is 53.8 Å². The Hall–Kier alpha value is -0.200. The molecule has 0 amide bonds. The van der Waals surface area contributed by atoms with Crippen LogP contribution in [0, 0.1) is 0 Å².